The van der Waals surface area contributed by atoms with Crippen LogP contribution in [0.25, 0.3) is 0 Å². The minimum atomic E-state index is -3.86. The number of ether oxygens (including phenoxy) is 3. The Kier molecular flexibility index (Phi) is 6.95. The summed E-state index contributed by atoms with van der Waals surface area (Å²) in [6.45, 7) is 3.68. The lowest BCUT2D eigenvalue weighted by molar-refractivity contribution is -0.150. The fourth-order valence-electron chi connectivity index (χ4n) is 2.64. The molecule has 1 atom stereocenters. The molecule has 0 saturated carbocycles. The van der Waals surface area contributed by atoms with E-state index in [4.69, 9.17) is 14.2 Å². The summed E-state index contributed by atoms with van der Waals surface area (Å²) in [7, 11) is -3.86. The Balaban J connectivity index is 1.56. The van der Waals surface area contributed by atoms with Gasteiger partial charge in [0, 0.05) is 11.8 Å². The molecule has 9 nitrogen and oxygen atoms in total. The van der Waals surface area contributed by atoms with E-state index in [0.717, 1.165) is 11.3 Å². The highest BCUT2D eigenvalue weighted by atomic mass is 32.2. The summed E-state index contributed by atoms with van der Waals surface area (Å²) in [5.74, 6) is -0.679. The summed E-state index contributed by atoms with van der Waals surface area (Å²) in [6, 6.07) is 6.84. The molecule has 162 valence electrons. The Hall–Kier alpha value is -2.63. The molecule has 1 aliphatic rings. The molecular weight excluding hydrogens is 432 g/mol. The molecule has 1 aromatic heterocycles. The smallest absolute Gasteiger partial charge is 0.324 e. The van der Waals surface area contributed by atoms with Gasteiger partial charge in [0.2, 0.25) is 0 Å². The third-order valence-electron chi connectivity index (χ3n) is 4.13. The van der Waals surface area contributed by atoms with E-state index in [2.05, 4.69) is 10.0 Å². The maximum atomic E-state index is 12.4. The van der Waals surface area contributed by atoms with Crippen LogP contribution in [-0.2, 0) is 24.3 Å². The van der Waals surface area contributed by atoms with Crippen molar-refractivity contribution >= 4 is 38.9 Å². The van der Waals surface area contributed by atoms with Gasteiger partial charge in [-0.25, -0.2) is 8.42 Å². The average Bonchev–Trinajstić information content (AvgIpc) is 3.26. The molecule has 0 bridgehead atoms. The van der Waals surface area contributed by atoms with Crippen LogP contribution in [0.2, 0.25) is 0 Å². The molecular formula is C19H22N2O7S2. The Morgan fingerprint density at radius 3 is 2.57 bits per heavy atom. The number of amides is 1. The fourth-order valence-corrected chi connectivity index (χ4v) is 4.99. The van der Waals surface area contributed by atoms with Gasteiger partial charge in [-0.05, 0) is 29.5 Å². The Labute approximate surface area is 178 Å². The van der Waals surface area contributed by atoms with Gasteiger partial charge in [-0.1, -0.05) is 19.9 Å². The molecule has 0 aliphatic carbocycles. The van der Waals surface area contributed by atoms with E-state index in [1.165, 1.54) is 6.07 Å². The van der Waals surface area contributed by atoms with Crippen LogP contribution in [0.4, 0.5) is 5.69 Å². The highest BCUT2D eigenvalue weighted by Crippen LogP contribution is 2.32. The molecule has 11 heteroatoms. The zero-order valence-corrected chi connectivity index (χ0v) is 18.0. The number of sulfonamides is 1. The predicted molar refractivity (Wildman–Crippen MR) is 110 cm³/mol. The molecule has 0 radical (unpaired) electrons. The SMILES string of the molecule is CC(C)C(NS(=O)(=O)c1cccs1)C(=O)OCC(=O)Nc1ccc2c(c1)OCCO2. The molecule has 1 aliphatic heterocycles. The first kappa shape index (κ1) is 22.1. The number of rotatable bonds is 8. The van der Waals surface area contributed by atoms with Crippen LogP contribution in [0, 0.1) is 5.92 Å². The van der Waals surface area contributed by atoms with Crippen LogP contribution in [0.1, 0.15) is 13.8 Å². The topological polar surface area (TPSA) is 120 Å². The maximum Gasteiger partial charge on any atom is 0.324 e. The standard InChI is InChI=1S/C19H22N2O7S2/c1-12(2)18(21-30(24,25)17-4-3-9-29-17)19(23)28-11-16(22)20-13-5-6-14-15(10-13)27-8-7-26-14/h3-6,9-10,12,18,21H,7-8,11H2,1-2H3,(H,20,22). The van der Waals surface area contributed by atoms with Gasteiger partial charge in [0.05, 0.1) is 0 Å². The van der Waals surface area contributed by atoms with E-state index in [1.807, 2.05) is 0 Å². The van der Waals surface area contributed by atoms with Crippen molar-refractivity contribution in [1.82, 2.24) is 4.72 Å². The van der Waals surface area contributed by atoms with Crippen molar-refractivity contribution in [2.45, 2.75) is 24.1 Å². The van der Waals surface area contributed by atoms with Crippen LogP contribution in [0.3, 0.4) is 0 Å². The minimum absolute atomic E-state index is 0.0947. The largest absolute Gasteiger partial charge is 0.486 e. The van der Waals surface area contributed by atoms with Crippen LogP contribution in [0.5, 0.6) is 11.5 Å². The summed E-state index contributed by atoms with van der Waals surface area (Å²) in [4.78, 5) is 24.6. The normalized spacial score (nSPS) is 14.2. The molecule has 3 rings (SSSR count). The molecule has 1 aromatic carbocycles. The number of esters is 1. The second-order valence-electron chi connectivity index (χ2n) is 6.79. The van der Waals surface area contributed by atoms with Gasteiger partial charge in [-0.3, -0.25) is 9.59 Å². The summed E-state index contributed by atoms with van der Waals surface area (Å²) in [6.07, 6.45) is 0. The van der Waals surface area contributed by atoms with Crippen LogP contribution < -0.4 is 19.5 Å². The number of carbonyl (C=O) groups excluding carboxylic acids is 2. The molecule has 2 heterocycles. The summed E-state index contributed by atoms with van der Waals surface area (Å²) in [5.41, 5.74) is 0.458. The highest BCUT2D eigenvalue weighted by Gasteiger charge is 2.30. The van der Waals surface area contributed by atoms with Crippen LogP contribution >= 0.6 is 11.3 Å². The van der Waals surface area contributed by atoms with Gasteiger partial charge < -0.3 is 19.5 Å². The monoisotopic (exact) mass is 454 g/mol. The second kappa shape index (κ2) is 9.45. The molecule has 30 heavy (non-hydrogen) atoms. The van der Waals surface area contributed by atoms with Gasteiger partial charge >= 0.3 is 5.97 Å². The lowest BCUT2D eigenvalue weighted by Crippen LogP contribution is -2.45. The van der Waals surface area contributed by atoms with Gasteiger partial charge in [0.25, 0.3) is 15.9 Å². The number of nitrogens with one attached hydrogen (secondary N) is 2. The molecule has 0 fully saturated rings. The number of hydrogen-bond donors (Lipinski definition) is 2. The third kappa shape index (κ3) is 5.49. The highest BCUT2D eigenvalue weighted by molar-refractivity contribution is 7.91. The Morgan fingerprint density at radius 1 is 1.17 bits per heavy atom. The molecule has 1 unspecified atom stereocenters. The van der Waals surface area contributed by atoms with Crippen molar-refractivity contribution in [2.75, 3.05) is 25.1 Å². The third-order valence-corrected chi connectivity index (χ3v) is 6.97. The van der Waals surface area contributed by atoms with Gasteiger partial charge in [-0.15, -0.1) is 11.3 Å². The van der Waals surface area contributed by atoms with Gasteiger partial charge in [0.15, 0.2) is 18.1 Å². The zero-order chi connectivity index (χ0) is 21.7. The number of thiophene rings is 1. The average molecular weight is 455 g/mol. The first-order chi connectivity index (χ1) is 14.3. The van der Waals surface area contributed by atoms with Crippen molar-refractivity contribution < 1.29 is 32.2 Å². The fraction of sp³-hybridized carbons (Fsp3) is 0.368. The van der Waals surface area contributed by atoms with E-state index in [-0.39, 0.29) is 10.1 Å². The predicted octanol–water partition coefficient (Wildman–Crippen LogP) is 2.00. The van der Waals surface area contributed by atoms with Crippen molar-refractivity contribution in [2.24, 2.45) is 5.92 Å². The molecule has 0 saturated heterocycles. The number of carbonyl (C=O) groups is 2. The van der Waals surface area contributed by atoms with Crippen molar-refractivity contribution in [1.29, 1.82) is 0 Å². The molecule has 2 N–H and O–H groups in total. The van der Waals surface area contributed by atoms with Crippen molar-refractivity contribution in [3.63, 3.8) is 0 Å². The Bertz CT molecular complexity index is 1000. The van der Waals surface area contributed by atoms with Crippen molar-refractivity contribution in [3.8, 4) is 11.5 Å². The molecule has 1 amide bonds. The van der Waals surface area contributed by atoms with Crippen LogP contribution in [-0.4, -0.2) is 46.2 Å². The lowest BCUT2D eigenvalue weighted by atomic mass is 10.1. The first-order valence-electron chi connectivity index (χ1n) is 9.18. The molecule has 0 spiro atoms. The van der Waals surface area contributed by atoms with Crippen LogP contribution in [0.15, 0.2) is 39.9 Å². The summed E-state index contributed by atoms with van der Waals surface area (Å²) >= 11 is 1.04. The van der Waals surface area contributed by atoms with E-state index in [1.54, 1.807) is 43.5 Å². The second-order valence-corrected chi connectivity index (χ2v) is 9.68. The zero-order valence-electron chi connectivity index (χ0n) is 16.4. The van der Waals surface area contributed by atoms with E-state index >= 15 is 0 Å². The Morgan fingerprint density at radius 2 is 1.90 bits per heavy atom. The number of anilines is 1. The first-order valence-corrected chi connectivity index (χ1v) is 11.5. The van der Waals surface area contributed by atoms with E-state index < -0.39 is 34.5 Å². The van der Waals surface area contributed by atoms with E-state index in [9.17, 15) is 18.0 Å². The summed E-state index contributed by atoms with van der Waals surface area (Å²) < 4.78 is 43.2. The number of fused-ring (bicyclic) bond motifs is 1. The quantitative estimate of drug-likeness (QED) is 0.586. The minimum Gasteiger partial charge on any atom is -0.486 e. The van der Waals surface area contributed by atoms with Gasteiger partial charge in [0.1, 0.15) is 23.5 Å². The number of hydrogen-bond acceptors (Lipinski definition) is 8. The van der Waals surface area contributed by atoms with Gasteiger partial charge in [-0.2, -0.15) is 4.72 Å². The summed E-state index contributed by atoms with van der Waals surface area (Å²) in [5, 5.41) is 4.22. The number of benzene rings is 1. The lowest BCUT2D eigenvalue weighted by Gasteiger charge is -2.20. The van der Waals surface area contributed by atoms with Crippen molar-refractivity contribution in [3.05, 3.63) is 35.7 Å². The maximum absolute atomic E-state index is 12.4. The van der Waals surface area contributed by atoms with E-state index in [0.29, 0.717) is 30.4 Å². The molecule has 2 aromatic rings.